The van der Waals surface area contributed by atoms with Crippen LogP contribution in [0.5, 0.6) is 23.0 Å². The number of anilines is 4. The number of hydrogen-bond donors (Lipinski definition) is 8. The van der Waals surface area contributed by atoms with E-state index in [-0.39, 0.29) is 56.1 Å². The molecule has 4 saturated heterocycles. The van der Waals surface area contributed by atoms with Crippen molar-refractivity contribution in [3.63, 3.8) is 0 Å². The van der Waals surface area contributed by atoms with Gasteiger partial charge in [-0.25, -0.2) is 36.0 Å². The third-order valence-electron chi connectivity index (χ3n) is 25.4. The van der Waals surface area contributed by atoms with Gasteiger partial charge in [-0.15, -0.1) is 0 Å². The van der Waals surface area contributed by atoms with Gasteiger partial charge in [0.05, 0.1) is 10.5 Å². The third-order valence-corrected chi connectivity index (χ3v) is 28.9. The summed E-state index contributed by atoms with van der Waals surface area (Å²) in [6, 6.07) is 82.1. The topological polar surface area (TPSA) is 295 Å². The Bertz CT molecular complexity index is 7530. The van der Waals surface area contributed by atoms with Gasteiger partial charge in [-0.3, -0.25) is 9.44 Å². The molecule has 0 bridgehead atoms. The summed E-state index contributed by atoms with van der Waals surface area (Å²) in [4.78, 5) is 52.5. The van der Waals surface area contributed by atoms with E-state index in [1.165, 1.54) is 5.57 Å². The molecule has 0 aliphatic carbocycles. The summed E-state index contributed by atoms with van der Waals surface area (Å²) >= 11 is 0. The van der Waals surface area contributed by atoms with Crippen LogP contribution in [0.25, 0.3) is 22.3 Å². The first-order valence-electron chi connectivity index (χ1n) is 49.5. The first-order chi connectivity index (χ1) is 72.3. The van der Waals surface area contributed by atoms with Gasteiger partial charge >= 0.3 is 24.2 Å². The van der Waals surface area contributed by atoms with Crippen LogP contribution in [-0.4, -0.2) is 149 Å². The number of rotatable bonds is 18. The van der Waals surface area contributed by atoms with Crippen molar-refractivity contribution in [3.8, 4) is 23.0 Å². The number of nitrogens with zero attached hydrogens (tertiary/aromatic N) is 2. The molecular weight excluding hydrogens is 1920 g/mol. The zero-order valence-corrected chi connectivity index (χ0v) is 85.8. The summed E-state index contributed by atoms with van der Waals surface area (Å²) < 4.78 is 91.0. The molecule has 0 radical (unpaired) electrons. The predicted octanol–water partition coefficient (Wildman–Crippen LogP) is 23.3. The van der Waals surface area contributed by atoms with E-state index in [1.807, 2.05) is 220 Å². The second kappa shape index (κ2) is 53.3. The van der Waals surface area contributed by atoms with E-state index in [4.69, 9.17) is 28.4 Å². The highest BCUT2D eigenvalue weighted by Crippen LogP contribution is 2.49. The first-order valence-corrected chi connectivity index (χ1v) is 52.6. The Morgan fingerprint density at radius 1 is 0.340 bits per heavy atom. The molecule has 764 valence electrons. The summed E-state index contributed by atoms with van der Waals surface area (Å²) in [7, 11) is -6.77. The van der Waals surface area contributed by atoms with Crippen LogP contribution in [0.1, 0.15) is 156 Å². The summed E-state index contributed by atoms with van der Waals surface area (Å²) in [6.45, 7) is 24.6. The number of hydrogen-bond acceptors (Lipinski definition) is 16. The summed E-state index contributed by atoms with van der Waals surface area (Å²) in [6.07, 6.45) is 14.7. The van der Waals surface area contributed by atoms with E-state index in [1.54, 1.807) is 49.6 Å². The lowest BCUT2D eigenvalue weighted by Crippen LogP contribution is -2.49. The molecule has 8 aliphatic rings. The van der Waals surface area contributed by atoms with E-state index in [0.29, 0.717) is 76.3 Å². The Morgan fingerprint density at radius 3 is 0.833 bits per heavy atom. The number of likely N-dealkylation sites (tertiary alicyclic amines) is 2. The largest absolute Gasteiger partial charge is 0.482 e. The van der Waals surface area contributed by atoms with Crippen molar-refractivity contribution in [2.75, 3.05) is 85.5 Å². The number of piperidine rings is 4. The zero-order chi connectivity index (χ0) is 105. The van der Waals surface area contributed by atoms with Gasteiger partial charge in [-0.2, -0.15) is 0 Å². The van der Waals surface area contributed by atoms with Gasteiger partial charge in [0.25, 0.3) is 0 Å². The van der Waals surface area contributed by atoms with Gasteiger partial charge in [0.2, 0.25) is 20.0 Å². The van der Waals surface area contributed by atoms with Crippen molar-refractivity contribution in [3.05, 3.63) is 445 Å². The van der Waals surface area contributed by atoms with Crippen molar-refractivity contribution >= 4 is 89.3 Å². The second-order valence-electron chi connectivity index (χ2n) is 36.3. The molecule has 8 aliphatic heterocycles. The minimum atomic E-state index is -3.42. The molecule has 6 amide bonds. The van der Waals surface area contributed by atoms with Crippen molar-refractivity contribution in [1.29, 1.82) is 0 Å². The van der Waals surface area contributed by atoms with Gasteiger partial charge in [-0.05, 0) is 320 Å². The minimum Gasteiger partial charge on any atom is -0.482 e. The molecule has 0 unspecified atom stereocenters. The van der Waals surface area contributed by atoms with Crippen LogP contribution in [-0.2, 0) is 42.7 Å². The van der Waals surface area contributed by atoms with Gasteiger partial charge in [0.15, 0.2) is 0 Å². The van der Waals surface area contributed by atoms with Gasteiger partial charge in [-0.1, -0.05) is 201 Å². The van der Waals surface area contributed by atoms with Crippen LogP contribution < -0.4 is 60.3 Å². The monoisotopic (exact) mass is 2040 g/mol. The Balaban J connectivity index is 0.000000159. The number of amides is 6. The maximum atomic E-state index is 12.7. The Labute approximate surface area is 879 Å². The van der Waals surface area contributed by atoms with Crippen molar-refractivity contribution in [1.82, 2.24) is 31.1 Å². The fourth-order valence-corrected chi connectivity index (χ4v) is 18.9. The van der Waals surface area contributed by atoms with Crippen LogP contribution in [0, 0.1) is 0 Å². The highest BCUT2D eigenvalue weighted by Gasteiger charge is 2.44. The standard InChI is InChI=1S/C30H31N3O4.C30H32N2O5S.C22H25N3O2.C22H26N2O3S.C19H4.CH4/c1-2-31-28(34)32-24-14-12-23(13-15-24)26-20-30(37-27-11-7-6-10-25(26)27)16-18-33(19-17-30)29(35)36-21-22-8-4-3-5-9-22;1-22(2)38(34,35)31-25-14-12-24(13-15-25)27-20-30(37-28-11-7-6-10-26(27)28)16-18-32(19-17-30)29(33)36-21-23-8-4-3-5-9-23;1-2-24-21(26)25-17-9-7-16(8-10-17)19-15-22(11-13-23-14-12-22)27-20-6-4-3-5-18(19)20;1-16(2)28(25,26)24-18-9-7-17(8-10-18)20-15-22(11-13-23-14-12-22)27-21-6-4-3-5-19(20)21;1-3-5-7-9-11-13-15-17-19-18-16-14-12-10-8-6-4-2;/h3-15,20H,2,16-19,21H2,1H3,(H2,31,32,34);3-15,20,22,31H,16-19,21H2,1-2H3;3-10,15,23H,2,11-14H2,1H3,(H2,24,25,26);3-10,15-16,23-24H,11-14H2,1-2H3;1-2H2;1H4. The van der Waals surface area contributed by atoms with Crippen LogP contribution >= 0.6 is 0 Å². The maximum Gasteiger partial charge on any atom is 0.410 e. The number of fused-ring (bicyclic) bond motifs is 4. The predicted molar refractivity (Wildman–Crippen MR) is 591 cm³/mol. The molecule has 0 aromatic heterocycles. The van der Waals surface area contributed by atoms with E-state index in [2.05, 4.69) is 213 Å². The first kappa shape index (κ1) is 110. The van der Waals surface area contributed by atoms with Crippen LogP contribution in [0.15, 0.2) is 390 Å². The van der Waals surface area contributed by atoms with Gasteiger partial charge in [0.1, 0.15) is 58.6 Å². The number of carbonyl (C=O) groups excluding carboxylic acids is 4. The summed E-state index contributed by atoms with van der Waals surface area (Å²) in [5.41, 5.74) is 57.7. The molecule has 24 nitrogen and oxygen atoms in total. The average molecular weight is 2040 g/mol. The summed E-state index contributed by atoms with van der Waals surface area (Å²) in [5, 5.41) is 17.0. The van der Waals surface area contributed by atoms with Crippen molar-refractivity contribution in [2.24, 2.45) is 0 Å². The van der Waals surface area contributed by atoms with E-state index in [0.717, 1.165) is 159 Å². The number of nitrogens with one attached hydrogen (secondary N) is 8. The molecule has 8 heterocycles. The van der Waals surface area contributed by atoms with Crippen molar-refractivity contribution < 1.29 is 64.4 Å². The Kier molecular flexibility index (Phi) is 39.1. The molecule has 0 saturated carbocycles. The van der Waals surface area contributed by atoms with E-state index in [9.17, 15) is 36.0 Å². The number of urea groups is 2. The number of ether oxygens (including phenoxy) is 6. The fraction of sp³-hybridized carbons (Fsp3) is 0.266. The highest BCUT2D eigenvalue weighted by molar-refractivity contribution is 7.93. The molecule has 10 aromatic carbocycles. The molecule has 0 atom stereocenters. The maximum absolute atomic E-state index is 12.7. The third kappa shape index (κ3) is 30.5. The Hall–Kier alpha value is -17.1. The summed E-state index contributed by atoms with van der Waals surface area (Å²) in [5.74, 6) is 3.49. The second-order valence-corrected chi connectivity index (χ2v) is 40.8. The number of sulfonamides is 2. The van der Waals surface area contributed by atoms with Crippen LogP contribution in [0.4, 0.5) is 41.9 Å². The molecule has 10 aromatic rings. The molecule has 4 fully saturated rings. The molecule has 8 N–H and O–H groups in total. The highest BCUT2D eigenvalue weighted by atomic mass is 32.2. The average Bonchev–Trinajstić information content (AvgIpc) is 0.691. The lowest BCUT2D eigenvalue weighted by molar-refractivity contribution is 0.0278. The number of benzene rings is 10. The zero-order valence-electron chi connectivity index (χ0n) is 84.2. The number of carbonyl (C=O) groups is 4. The lowest BCUT2D eigenvalue weighted by Gasteiger charge is -2.42. The van der Waals surface area contributed by atoms with Crippen LogP contribution in [0.2, 0.25) is 0 Å². The molecule has 18 rings (SSSR count). The van der Waals surface area contributed by atoms with E-state index >= 15 is 0 Å². The van der Waals surface area contributed by atoms with E-state index < -0.39 is 41.7 Å². The van der Waals surface area contributed by atoms with Gasteiger partial charge in [0, 0.05) is 136 Å². The number of para-hydroxylation sites is 4. The Morgan fingerprint density at radius 2 is 0.580 bits per heavy atom. The molecule has 4 spiro atoms. The van der Waals surface area contributed by atoms with Crippen LogP contribution in [0.3, 0.4) is 0 Å². The smallest absolute Gasteiger partial charge is 0.410 e. The SMILES string of the molecule is C.C=C=C=C=C=C=C=C=C=C=C=C=C=C=C=C=C=C=C.CC(C)S(=O)(=O)Nc1ccc(C2=CC3(CCN(C(=O)OCc4ccccc4)CC3)Oc3ccccc32)cc1.CC(C)S(=O)(=O)Nc1ccc(C2=CC3(CCNCC3)Oc3ccccc32)cc1.CCNC(=O)Nc1ccc(C2=CC3(CCN(C(=O)OCc4ccccc4)CC3)Oc3ccccc32)cc1.CCNC(=O)Nc1ccc(C2=CC3(CCNCC3)Oc3ccccc32)cc1. The normalized spacial score (nSPS) is 15.1. The fourth-order valence-electron chi connectivity index (χ4n) is 17.5. The molecule has 26 heteroatoms. The quantitative estimate of drug-likeness (QED) is 0.0370. The lowest BCUT2D eigenvalue weighted by atomic mass is 9.83. The minimum absolute atomic E-state index is 0. The van der Waals surface area contributed by atoms with Crippen molar-refractivity contribution in [2.45, 2.75) is 146 Å². The molecular formula is C124H122N10O14S2. The molecule has 150 heavy (non-hydrogen) atoms. The van der Waals surface area contributed by atoms with Gasteiger partial charge < -0.3 is 70.1 Å².